The van der Waals surface area contributed by atoms with Gasteiger partial charge in [0.15, 0.2) is 0 Å². The van der Waals surface area contributed by atoms with Gasteiger partial charge in [0.05, 0.1) is 11.8 Å². The molecule has 1 saturated heterocycles. The van der Waals surface area contributed by atoms with Gasteiger partial charge in [0.2, 0.25) is 5.89 Å². The van der Waals surface area contributed by atoms with Crippen molar-refractivity contribution in [2.45, 2.75) is 32.4 Å². The Morgan fingerprint density at radius 1 is 1.09 bits per heavy atom. The first-order valence-corrected chi connectivity index (χ1v) is 12.6. The summed E-state index contributed by atoms with van der Waals surface area (Å²) in [6.45, 7) is 3.56. The smallest absolute Gasteiger partial charge is 0.226 e. The van der Waals surface area contributed by atoms with Gasteiger partial charge in [-0.2, -0.15) is 0 Å². The van der Waals surface area contributed by atoms with Crippen molar-refractivity contribution in [3.05, 3.63) is 106 Å². The molecule has 1 aliphatic rings. The summed E-state index contributed by atoms with van der Waals surface area (Å²) in [4.78, 5) is 6.03. The number of thioether (sulfide) groups is 1. The first-order chi connectivity index (χ1) is 16.7. The standard InChI is InChI=1S/C28H29N3O2S/c1-20-25(30-28(33-20)22-10-6-3-7-11-22)13-15-27(32)26-14-12-23(16-24-17-29-19-34-24)31(26)18-21-8-4-2-5-9-21/h2-12,14,16,27,29,32H,13,15,17-19H2,1H3. The molecule has 2 aromatic heterocycles. The van der Waals surface area contributed by atoms with Crippen LogP contribution in [-0.2, 0) is 13.0 Å². The van der Waals surface area contributed by atoms with Crippen molar-refractivity contribution in [3.63, 3.8) is 0 Å². The normalized spacial score (nSPS) is 15.8. The van der Waals surface area contributed by atoms with Crippen molar-refractivity contribution >= 4 is 17.8 Å². The predicted molar refractivity (Wildman–Crippen MR) is 138 cm³/mol. The van der Waals surface area contributed by atoms with Gasteiger partial charge < -0.3 is 19.4 Å². The SMILES string of the molecule is Cc1oc(-c2ccccc2)nc1CCC(O)c1ccc(C=C2CNCS2)n1Cc1ccccc1. The lowest BCUT2D eigenvalue weighted by Gasteiger charge is -2.17. The number of aryl methyl sites for hydroxylation is 2. The highest BCUT2D eigenvalue weighted by Gasteiger charge is 2.19. The van der Waals surface area contributed by atoms with E-state index >= 15 is 0 Å². The Morgan fingerprint density at radius 2 is 1.85 bits per heavy atom. The van der Waals surface area contributed by atoms with Crippen LogP contribution in [0.4, 0.5) is 0 Å². The second-order valence-electron chi connectivity index (χ2n) is 8.52. The van der Waals surface area contributed by atoms with Crippen LogP contribution in [0, 0.1) is 6.92 Å². The maximum atomic E-state index is 11.2. The lowest BCUT2D eigenvalue weighted by atomic mass is 10.1. The molecule has 0 saturated carbocycles. The Hall–Kier alpha value is -3.06. The molecule has 0 bridgehead atoms. The fourth-order valence-corrected chi connectivity index (χ4v) is 5.08. The minimum absolute atomic E-state index is 0.576. The van der Waals surface area contributed by atoms with E-state index in [0.29, 0.717) is 18.7 Å². The van der Waals surface area contributed by atoms with E-state index in [1.807, 2.05) is 55.1 Å². The zero-order chi connectivity index (χ0) is 23.3. The van der Waals surface area contributed by atoms with Crippen LogP contribution in [0.15, 0.2) is 82.1 Å². The molecule has 6 heteroatoms. The summed E-state index contributed by atoms with van der Waals surface area (Å²) < 4.78 is 8.14. The third-order valence-corrected chi connectivity index (χ3v) is 7.09. The Bertz CT molecular complexity index is 1250. The molecule has 5 nitrogen and oxygen atoms in total. The van der Waals surface area contributed by atoms with Gasteiger partial charge in [0.25, 0.3) is 0 Å². The molecule has 2 N–H and O–H groups in total. The second kappa shape index (κ2) is 10.5. The van der Waals surface area contributed by atoms with Crippen LogP contribution in [0.3, 0.4) is 0 Å². The Balaban J connectivity index is 1.36. The zero-order valence-electron chi connectivity index (χ0n) is 19.3. The van der Waals surface area contributed by atoms with Crippen molar-refractivity contribution in [2.75, 3.05) is 12.4 Å². The number of rotatable bonds is 8. The number of nitrogens with one attached hydrogen (secondary N) is 1. The van der Waals surface area contributed by atoms with Crippen LogP contribution in [0.5, 0.6) is 0 Å². The molecule has 174 valence electrons. The zero-order valence-corrected chi connectivity index (χ0v) is 20.1. The maximum Gasteiger partial charge on any atom is 0.226 e. The van der Waals surface area contributed by atoms with Crippen LogP contribution in [0.1, 0.15) is 40.9 Å². The summed E-state index contributed by atoms with van der Waals surface area (Å²) in [6, 6.07) is 24.5. The number of aliphatic hydroxyl groups is 1. The molecule has 3 heterocycles. The van der Waals surface area contributed by atoms with Crippen molar-refractivity contribution in [1.82, 2.24) is 14.9 Å². The van der Waals surface area contributed by atoms with Gasteiger partial charge >= 0.3 is 0 Å². The first-order valence-electron chi connectivity index (χ1n) is 11.6. The molecule has 1 fully saturated rings. The van der Waals surface area contributed by atoms with Crippen molar-refractivity contribution in [3.8, 4) is 11.5 Å². The van der Waals surface area contributed by atoms with Crippen molar-refractivity contribution in [2.24, 2.45) is 0 Å². The van der Waals surface area contributed by atoms with E-state index in [2.05, 4.69) is 52.4 Å². The number of benzene rings is 2. The lowest BCUT2D eigenvalue weighted by Crippen LogP contribution is -2.11. The number of oxazole rings is 1. The predicted octanol–water partition coefficient (Wildman–Crippen LogP) is 5.80. The van der Waals surface area contributed by atoms with E-state index in [9.17, 15) is 5.11 Å². The van der Waals surface area contributed by atoms with Gasteiger partial charge in [-0.3, -0.25) is 0 Å². The van der Waals surface area contributed by atoms with E-state index in [0.717, 1.165) is 47.4 Å². The fourth-order valence-electron chi connectivity index (χ4n) is 4.28. The number of hydrogen-bond acceptors (Lipinski definition) is 5. The summed E-state index contributed by atoms with van der Waals surface area (Å²) in [7, 11) is 0. The average Bonchev–Trinajstić information content (AvgIpc) is 3.61. The van der Waals surface area contributed by atoms with Crippen molar-refractivity contribution in [1.29, 1.82) is 0 Å². The lowest BCUT2D eigenvalue weighted by molar-refractivity contribution is 0.158. The summed E-state index contributed by atoms with van der Waals surface area (Å²) in [5, 5.41) is 14.6. The van der Waals surface area contributed by atoms with Crippen LogP contribution < -0.4 is 5.32 Å². The molecule has 0 radical (unpaired) electrons. The maximum absolute atomic E-state index is 11.2. The molecule has 1 aliphatic heterocycles. The average molecular weight is 472 g/mol. The van der Waals surface area contributed by atoms with E-state index < -0.39 is 6.10 Å². The Kier molecular flexibility index (Phi) is 7.00. The summed E-state index contributed by atoms with van der Waals surface area (Å²) >= 11 is 1.83. The van der Waals surface area contributed by atoms with Gasteiger partial charge in [0, 0.05) is 40.8 Å². The fraction of sp³-hybridized carbons (Fsp3) is 0.250. The molecule has 5 rings (SSSR count). The van der Waals surface area contributed by atoms with E-state index in [4.69, 9.17) is 9.40 Å². The molecular formula is C28H29N3O2S. The molecular weight excluding hydrogens is 442 g/mol. The Morgan fingerprint density at radius 3 is 2.59 bits per heavy atom. The number of aliphatic hydroxyl groups excluding tert-OH is 1. The highest BCUT2D eigenvalue weighted by atomic mass is 32.2. The van der Waals surface area contributed by atoms with Crippen LogP contribution in [0.2, 0.25) is 0 Å². The second-order valence-corrected chi connectivity index (χ2v) is 9.63. The van der Waals surface area contributed by atoms with Gasteiger partial charge in [-0.1, -0.05) is 48.5 Å². The molecule has 1 atom stereocenters. The summed E-state index contributed by atoms with van der Waals surface area (Å²) in [5.41, 5.74) is 5.12. The molecule has 0 spiro atoms. The topological polar surface area (TPSA) is 63.2 Å². The minimum atomic E-state index is -0.596. The third kappa shape index (κ3) is 5.20. The summed E-state index contributed by atoms with van der Waals surface area (Å²) in [6.07, 6.45) is 2.86. The van der Waals surface area contributed by atoms with Crippen molar-refractivity contribution < 1.29 is 9.52 Å². The van der Waals surface area contributed by atoms with E-state index in [-0.39, 0.29) is 0 Å². The monoisotopic (exact) mass is 471 g/mol. The van der Waals surface area contributed by atoms with E-state index in [1.54, 1.807) is 0 Å². The highest BCUT2D eigenvalue weighted by Crippen LogP contribution is 2.29. The quantitative estimate of drug-likeness (QED) is 0.340. The number of nitrogens with zero attached hydrogens (tertiary/aromatic N) is 2. The van der Waals surface area contributed by atoms with Gasteiger partial charge in [-0.25, -0.2) is 4.98 Å². The Labute approximate surface area is 204 Å². The van der Waals surface area contributed by atoms with E-state index in [1.165, 1.54) is 10.5 Å². The number of hydrogen-bond donors (Lipinski definition) is 2. The first kappa shape index (κ1) is 22.7. The molecule has 1 unspecified atom stereocenters. The van der Waals surface area contributed by atoms with Crippen LogP contribution in [-0.4, -0.2) is 27.1 Å². The third-order valence-electron chi connectivity index (χ3n) is 6.11. The minimum Gasteiger partial charge on any atom is -0.441 e. The number of aromatic nitrogens is 2. The molecule has 2 aromatic carbocycles. The van der Waals surface area contributed by atoms with Crippen LogP contribution in [0.25, 0.3) is 17.5 Å². The largest absolute Gasteiger partial charge is 0.441 e. The van der Waals surface area contributed by atoms with Gasteiger partial charge in [0.1, 0.15) is 5.76 Å². The molecule has 34 heavy (non-hydrogen) atoms. The molecule has 0 amide bonds. The highest BCUT2D eigenvalue weighted by molar-refractivity contribution is 8.03. The molecule has 4 aromatic rings. The van der Waals surface area contributed by atoms with Gasteiger partial charge in [-0.15, -0.1) is 11.8 Å². The van der Waals surface area contributed by atoms with Crippen LogP contribution >= 0.6 is 11.8 Å². The molecule has 0 aliphatic carbocycles. The van der Waals surface area contributed by atoms with Gasteiger partial charge in [-0.05, 0) is 55.7 Å². The summed E-state index contributed by atoms with van der Waals surface area (Å²) in [5.74, 6) is 2.39.